The van der Waals surface area contributed by atoms with Crippen molar-refractivity contribution in [3.63, 3.8) is 0 Å². The molecule has 1 aliphatic rings. The average molecular weight is 455 g/mol. The number of ether oxygens (including phenoxy) is 4. The van der Waals surface area contributed by atoms with Crippen LogP contribution in [0.3, 0.4) is 0 Å². The number of rotatable bonds is 9. The van der Waals surface area contributed by atoms with Gasteiger partial charge >= 0.3 is 0 Å². The van der Waals surface area contributed by atoms with Crippen molar-refractivity contribution < 1.29 is 23.7 Å². The predicted molar refractivity (Wildman–Crippen MR) is 122 cm³/mol. The standard InChI is InChI=1S/C24H26N2O5S/c1-16-8-17(2)10-20(9-16)29-13-23-25-19(14-32-23)12-26(6-7-28-3)24(27)18-4-5-21-22(11-18)31-15-30-21/h4-5,8-11,14H,6-7,12-13,15H2,1-3H3. The highest BCUT2D eigenvalue weighted by molar-refractivity contribution is 7.09. The summed E-state index contributed by atoms with van der Waals surface area (Å²) in [5.74, 6) is 1.96. The van der Waals surface area contributed by atoms with Crippen LogP contribution in [0.4, 0.5) is 0 Å². The molecule has 0 radical (unpaired) electrons. The summed E-state index contributed by atoms with van der Waals surface area (Å²) in [6, 6.07) is 11.4. The molecule has 0 saturated heterocycles. The number of carbonyl (C=O) groups excluding carboxylic acids is 1. The van der Waals surface area contributed by atoms with Crippen LogP contribution >= 0.6 is 11.3 Å². The number of methoxy groups -OCH3 is 1. The molecule has 0 fully saturated rings. The molecule has 8 heteroatoms. The summed E-state index contributed by atoms with van der Waals surface area (Å²) in [5.41, 5.74) is 3.68. The van der Waals surface area contributed by atoms with E-state index >= 15 is 0 Å². The zero-order valence-corrected chi connectivity index (χ0v) is 19.2. The number of hydrogen-bond acceptors (Lipinski definition) is 7. The Labute approximate surface area is 191 Å². The van der Waals surface area contributed by atoms with Gasteiger partial charge in [-0.3, -0.25) is 4.79 Å². The molecular weight excluding hydrogens is 428 g/mol. The summed E-state index contributed by atoms with van der Waals surface area (Å²) in [6.07, 6.45) is 0. The van der Waals surface area contributed by atoms with E-state index in [9.17, 15) is 4.79 Å². The van der Waals surface area contributed by atoms with Crippen LogP contribution in [0.1, 0.15) is 32.2 Å². The van der Waals surface area contributed by atoms with Crippen molar-refractivity contribution in [2.45, 2.75) is 27.0 Å². The van der Waals surface area contributed by atoms with Crippen LogP contribution in [0.5, 0.6) is 17.2 Å². The number of aromatic nitrogens is 1. The number of benzene rings is 2. The zero-order valence-electron chi connectivity index (χ0n) is 18.4. The molecule has 0 atom stereocenters. The molecule has 1 aliphatic heterocycles. The van der Waals surface area contributed by atoms with Crippen molar-refractivity contribution in [3.05, 3.63) is 69.2 Å². The van der Waals surface area contributed by atoms with Gasteiger partial charge in [-0.25, -0.2) is 4.98 Å². The Bertz CT molecular complexity index is 1080. The molecule has 4 rings (SSSR count). The lowest BCUT2D eigenvalue weighted by molar-refractivity contribution is 0.0677. The average Bonchev–Trinajstić information content (AvgIpc) is 3.42. The van der Waals surface area contributed by atoms with Gasteiger partial charge in [-0.05, 0) is 55.3 Å². The summed E-state index contributed by atoms with van der Waals surface area (Å²) in [7, 11) is 1.62. The van der Waals surface area contributed by atoms with Crippen LogP contribution in [0.15, 0.2) is 41.8 Å². The monoisotopic (exact) mass is 454 g/mol. The van der Waals surface area contributed by atoms with E-state index in [1.54, 1.807) is 30.2 Å². The number of amides is 1. The number of thiazole rings is 1. The third-order valence-electron chi connectivity index (χ3n) is 4.98. The van der Waals surface area contributed by atoms with E-state index in [4.69, 9.17) is 18.9 Å². The molecule has 0 N–H and O–H groups in total. The molecule has 0 saturated carbocycles. The summed E-state index contributed by atoms with van der Waals surface area (Å²) in [5, 5.41) is 2.83. The molecule has 3 aromatic rings. The van der Waals surface area contributed by atoms with Crippen LogP contribution in [0, 0.1) is 13.8 Å². The zero-order chi connectivity index (χ0) is 22.5. The first-order valence-corrected chi connectivity index (χ1v) is 11.2. The molecule has 2 aromatic carbocycles. The van der Waals surface area contributed by atoms with Gasteiger partial charge in [-0.1, -0.05) is 6.07 Å². The normalized spacial score (nSPS) is 12.1. The summed E-state index contributed by atoms with van der Waals surface area (Å²) in [4.78, 5) is 19.6. The number of aryl methyl sites for hydroxylation is 2. The van der Waals surface area contributed by atoms with E-state index in [-0.39, 0.29) is 12.7 Å². The molecule has 0 unspecified atom stereocenters. The molecule has 0 spiro atoms. The summed E-state index contributed by atoms with van der Waals surface area (Å²) >= 11 is 1.52. The lowest BCUT2D eigenvalue weighted by Crippen LogP contribution is -2.33. The van der Waals surface area contributed by atoms with Gasteiger partial charge in [0.1, 0.15) is 17.4 Å². The van der Waals surface area contributed by atoms with Gasteiger partial charge in [-0.15, -0.1) is 11.3 Å². The Morgan fingerprint density at radius 1 is 1.12 bits per heavy atom. The minimum atomic E-state index is -0.110. The van der Waals surface area contributed by atoms with Gasteiger partial charge in [-0.2, -0.15) is 0 Å². The Kier molecular flexibility index (Phi) is 6.92. The molecule has 1 aromatic heterocycles. The first-order chi connectivity index (χ1) is 15.5. The second-order valence-electron chi connectivity index (χ2n) is 7.63. The van der Waals surface area contributed by atoms with Crippen LogP contribution < -0.4 is 14.2 Å². The van der Waals surface area contributed by atoms with Gasteiger partial charge in [0.15, 0.2) is 11.5 Å². The van der Waals surface area contributed by atoms with Crippen LogP contribution in [-0.4, -0.2) is 42.8 Å². The van der Waals surface area contributed by atoms with Gasteiger partial charge in [0.05, 0.1) is 18.8 Å². The van der Waals surface area contributed by atoms with E-state index < -0.39 is 0 Å². The van der Waals surface area contributed by atoms with E-state index in [2.05, 4.69) is 11.1 Å². The predicted octanol–water partition coefficient (Wildman–Crippen LogP) is 4.36. The molecule has 32 heavy (non-hydrogen) atoms. The van der Waals surface area contributed by atoms with Gasteiger partial charge in [0.2, 0.25) is 6.79 Å². The third kappa shape index (κ3) is 5.38. The highest BCUT2D eigenvalue weighted by atomic mass is 32.1. The summed E-state index contributed by atoms with van der Waals surface area (Å²) in [6.45, 7) is 5.93. The van der Waals surface area contributed by atoms with E-state index in [1.165, 1.54) is 11.3 Å². The number of carbonyl (C=O) groups is 1. The van der Waals surface area contributed by atoms with Gasteiger partial charge in [0, 0.05) is 24.6 Å². The topological polar surface area (TPSA) is 70.1 Å². The maximum absolute atomic E-state index is 13.2. The second kappa shape index (κ2) is 10.0. The fourth-order valence-electron chi connectivity index (χ4n) is 3.51. The van der Waals surface area contributed by atoms with Crippen molar-refractivity contribution in [2.24, 2.45) is 0 Å². The maximum Gasteiger partial charge on any atom is 0.254 e. The van der Waals surface area contributed by atoms with Crippen molar-refractivity contribution in [2.75, 3.05) is 27.1 Å². The first-order valence-electron chi connectivity index (χ1n) is 10.3. The maximum atomic E-state index is 13.2. The number of nitrogens with zero attached hydrogens (tertiary/aromatic N) is 2. The fraction of sp³-hybridized carbons (Fsp3) is 0.333. The lowest BCUT2D eigenvalue weighted by Gasteiger charge is -2.21. The molecule has 0 bridgehead atoms. The molecule has 1 amide bonds. The Morgan fingerprint density at radius 2 is 1.91 bits per heavy atom. The van der Waals surface area contributed by atoms with E-state index in [0.29, 0.717) is 43.4 Å². The van der Waals surface area contributed by atoms with E-state index in [1.807, 2.05) is 31.4 Å². The van der Waals surface area contributed by atoms with Crippen molar-refractivity contribution in [1.82, 2.24) is 9.88 Å². The number of hydrogen-bond donors (Lipinski definition) is 0. The van der Waals surface area contributed by atoms with Crippen LogP contribution in [0.2, 0.25) is 0 Å². The second-order valence-corrected chi connectivity index (χ2v) is 8.57. The Hall–Kier alpha value is -3.10. The Morgan fingerprint density at radius 3 is 2.69 bits per heavy atom. The molecule has 0 aliphatic carbocycles. The highest BCUT2D eigenvalue weighted by Gasteiger charge is 2.21. The Balaban J connectivity index is 1.42. The minimum absolute atomic E-state index is 0.110. The number of fused-ring (bicyclic) bond motifs is 1. The van der Waals surface area contributed by atoms with Crippen molar-refractivity contribution in [1.29, 1.82) is 0 Å². The van der Waals surface area contributed by atoms with E-state index in [0.717, 1.165) is 27.6 Å². The van der Waals surface area contributed by atoms with Crippen LogP contribution in [-0.2, 0) is 17.9 Å². The lowest BCUT2D eigenvalue weighted by atomic mass is 10.1. The van der Waals surface area contributed by atoms with Gasteiger partial charge in [0.25, 0.3) is 5.91 Å². The van der Waals surface area contributed by atoms with Crippen molar-refractivity contribution >= 4 is 17.2 Å². The van der Waals surface area contributed by atoms with Gasteiger partial charge < -0.3 is 23.8 Å². The minimum Gasteiger partial charge on any atom is -0.486 e. The third-order valence-corrected chi connectivity index (χ3v) is 5.85. The smallest absolute Gasteiger partial charge is 0.254 e. The largest absolute Gasteiger partial charge is 0.486 e. The summed E-state index contributed by atoms with van der Waals surface area (Å²) < 4.78 is 21.9. The molecule has 2 heterocycles. The molecular formula is C24H26N2O5S. The quantitative estimate of drug-likeness (QED) is 0.479. The fourth-order valence-corrected chi connectivity index (χ4v) is 4.21. The highest BCUT2D eigenvalue weighted by Crippen LogP contribution is 2.33. The molecule has 168 valence electrons. The molecule has 7 nitrogen and oxygen atoms in total. The first kappa shape index (κ1) is 22.1. The van der Waals surface area contributed by atoms with Crippen molar-refractivity contribution in [3.8, 4) is 17.2 Å². The SMILES string of the molecule is COCCN(Cc1csc(COc2cc(C)cc(C)c2)n1)C(=O)c1ccc2c(c1)OCO2. The van der Waals surface area contributed by atoms with Crippen LogP contribution in [0.25, 0.3) is 0 Å².